The highest BCUT2D eigenvalue weighted by atomic mass is 32.2. The fourth-order valence-electron chi connectivity index (χ4n) is 6.10. The first-order chi connectivity index (χ1) is 20.8. The first kappa shape index (κ1) is 30.4. The molecule has 3 saturated heterocycles. The van der Waals surface area contributed by atoms with Crippen LogP contribution in [0.3, 0.4) is 0 Å². The molecule has 0 aromatic heterocycles. The molecule has 3 fully saturated rings. The second kappa shape index (κ2) is 13.1. The van der Waals surface area contributed by atoms with Crippen molar-refractivity contribution < 1.29 is 32.5 Å². The third-order valence-electron chi connectivity index (χ3n) is 8.76. The molecular formula is C33H40N2O7S. The molecule has 230 valence electrons. The van der Waals surface area contributed by atoms with Gasteiger partial charge < -0.3 is 29.0 Å². The number of hydrogen-bond acceptors (Lipinski definition) is 8. The monoisotopic (exact) mass is 608 g/mol. The van der Waals surface area contributed by atoms with Gasteiger partial charge in [0, 0.05) is 50.5 Å². The summed E-state index contributed by atoms with van der Waals surface area (Å²) in [5.74, 6) is -0.340. The van der Waals surface area contributed by atoms with Gasteiger partial charge in [-0.3, -0.25) is 0 Å². The molecule has 3 aromatic carbocycles. The number of piperidine rings is 1. The van der Waals surface area contributed by atoms with Crippen LogP contribution in [0.1, 0.15) is 54.4 Å². The smallest absolute Gasteiger partial charge is 0.240 e. The largest absolute Gasteiger partial charge is 0.392 e. The maximum Gasteiger partial charge on any atom is 0.240 e. The molecule has 0 amide bonds. The predicted molar refractivity (Wildman–Crippen MR) is 160 cm³/mol. The number of nitrogens with zero attached hydrogens (tertiary/aromatic N) is 1. The number of nitrogens with one attached hydrogen (secondary N) is 1. The third-order valence-corrected chi connectivity index (χ3v) is 10.2. The average molecular weight is 609 g/mol. The zero-order valence-corrected chi connectivity index (χ0v) is 25.2. The zero-order valence-electron chi connectivity index (χ0n) is 24.4. The standard InChI is InChI=1S/C33H40N2O7S/c1-24-30(22-35-17-15-33(16-18-35)39-19-20-40-33)41-32(42-31(24)27-11-9-26(23-36)10-12-27)28-13-7-25(8-14-28)21-34-43(37,38)29-5-3-2-4-6-29/h2-14,24,30-32,34,36H,15-23H2,1H3/t24-,30+,31+,32+/m1/s1. The van der Waals surface area contributed by atoms with Crippen molar-refractivity contribution in [3.05, 3.63) is 101 Å². The van der Waals surface area contributed by atoms with Gasteiger partial charge in [0.1, 0.15) is 0 Å². The normalized spacial score (nSPS) is 26.1. The fraction of sp³-hybridized carbons (Fsp3) is 0.455. The Hall–Kier alpha value is -2.67. The van der Waals surface area contributed by atoms with Gasteiger partial charge in [-0.2, -0.15) is 0 Å². The molecule has 4 atom stereocenters. The van der Waals surface area contributed by atoms with E-state index in [1.54, 1.807) is 30.3 Å². The van der Waals surface area contributed by atoms with E-state index < -0.39 is 22.1 Å². The fourth-order valence-corrected chi connectivity index (χ4v) is 7.14. The maximum absolute atomic E-state index is 12.7. The number of benzene rings is 3. The lowest BCUT2D eigenvalue weighted by atomic mass is 9.89. The Bertz CT molecular complexity index is 1430. The van der Waals surface area contributed by atoms with Gasteiger partial charge in [-0.25, -0.2) is 13.1 Å². The van der Waals surface area contributed by atoms with Crippen LogP contribution >= 0.6 is 0 Å². The van der Waals surface area contributed by atoms with Crippen LogP contribution < -0.4 is 4.72 Å². The molecule has 0 saturated carbocycles. The number of hydrogen-bond donors (Lipinski definition) is 2. The van der Waals surface area contributed by atoms with Gasteiger partial charge in [0.25, 0.3) is 0 Å². The number of aliphatic hydroxyl groups excluding tert-OH is 1. The molecular weight excluding hydrogens is 568 g/mol. The predicted octanol–water partition coefficient (Wildman–Crippen LogP) is 4.29. The minimum atomic E-state index is -3.60. The summed E-state index contributed by atoms with van der Waals surface area (Å²) in [6, 6.07) is 23.9. The minimum absolute atomic E-state index is 0.00649. The summed E-state index contributed by atoms with van der Waals surface area (Å²) < 4.78 is 53.1. The molecule has 3 aliphatic rings. The van der Waals surface area contributed by atoms with Gasteiger partial charge in [0.2, 0.25) is 10.0 Å². The quantitative estimate of drug-likeness (QED) is 0.371. The van der Waals surface area contributed by atoms with Crippen LogP contribution in [-0.4, -0.2) is 63.2 Å². The van der Waals surface area contributed by atoms with Crippen molar-refractivity contribution in [1.29, 1.82) is 0 Å². The summed E-state index contributed by atoms with van der Waals surface area (Å²) in [7, 11) is -3.60. The number of aliphatic hydroxyl groups is 1. The van der Waals surface area contributed by atoms with Crippen molar-refractivity contribution in [2.24, 2.45) is 5.92 Å². The maximum atomic E-state index is 12.7. The molecule has 0 bridgehead atoms. The molecule has 9 nitrogen and oxygen atoms in total. The van der Waals surface area contributed by atoms with E-state index in [4.69, 9.17) is 18.9 Å². The lowest BCUT2D eigenvalue weighted by Crippen LogP contribution is -2.50. The van der Waals surface area contributed by atoms with Crippen LogP contribution in [0.2, 0.25) is 0 Å². The van der Waals surface area contributed by atoms with Crippen LogP contribution in [0, 0.1) is 5.92 Å². The summed E-state index contributed by atoms with van der Waals surface area (Å²) in [5.41, 5.74) is 3.60. The Labute approximate surface area is 253 Å². The number of rotatable bonds is 9. The van der Waals surface area contributed by atoms with Gasteiger partial charge in [0.15, 0.2) is 12.1 Å². The highest BCUT2D eigenvalue weighted by Gasteiger charge is 2.43. The Morgan fingerprint density at radius 2 is 1.49 bits per heavy atom. The van der Waals surface area contributed by atoms with Crippen LogP contribution in [0.5, 0.6) is 0 Å². The van der Waals surface area contributed by atoms with Crippen molar-refractivity contribution in [2.75, 3.05) is 32.8 Å². The van der Waals surface area contributed by atoms with Crippen molar-refractivity contribution in [1.82, 2.24) is 9.62 Å². The van der Waals surface area contributed by atoms with E-state index in [0.717, 1.165) is 54.7 Å². The summed E-state index contributed by atoms with van der Waals surface area (Å²) in [4.78, 5) is 2.66. The summed E-state index contributed by atoms with van der Waals surface area (Å²) in [6.07, 6.45) is 0.812. The van der Waals surface area contributed by atoms with E-state index in [1.165, 1.54) is 0 Å². The van der Waals surface area contributed by atoms with Crippen LogP contribution in [0.4, 0.5) is 0 Å². The highest BCUT2D eigenvalue weighted by Crippen LogP contribution is 2.42. The summed E-state index contributed by atoms with van der Waals surface area (Å²) in [5, 5.41) is 9.53. The Kier molecular flexibility index (Phi) is 9.27. The van der Waals surface area contributed by atoms with Gasteiger partial charge in [-0.15, -0.1) is 0 Å². The van der Waals surface area contributed by atoms with E-state index >= 15 is 0 Å². The van der Waals surface area contributed by atoms with Gasteiger partial charge >= 0.3 is 0 Å². The molecule has 3 aromatic rings. The minimum Gasteiger partial charge on any atom is -0.392 e. The first-order valence-corrected chi connectivity index (χ1v) is 16.5. The van der Waals surface area contributed by atoms with Gasteiger partial charge in [0.05, 0.1) is 36.9 Å². The second-order valence-corrected chi connectivity index (χ2v) is 13.4. The Balaban J connectivity index is 1.16. The molecule has 0 radical (unpaired) electrons. The van der Waals surface area contributed by atoms with E-state index in [9.17, 15) is 13.5 Å². The molecule has 6 rings (SSSR count). The van der Waals surface area contributed by atoms with E-state index in [1.807, 2.05) is 48.5 Å². The van der Waals surface area contributed by atoms with E-state index in [2.05, 4.69) is 16.5 Å². The number of likely N-dealkylation sites (tertiary alicyclic amines) is 1. The summed E-state index contributed by atoms with van der Waals surface area (Å²) >= 11 is 0. The zero-order chi connectivity index (χ0) is 29.9. The second-order valence-electron chi connectivity index (χ2n) is 11.6. The van der Waals surface area contributed by atoms with E-state index in [-0.39, 0.29) is 36.2 Å². The number of sulfonamides is 1. The van der Waals surface area contributed by atoms with Crippen molar-refractivity contribution in [2.45, 2.75) is 62.1 Å². The van der Waals surface area contributed by atoms with Crippen molar-refractivity contribution in [3.8, 4) is 0 Å². The molecule has 43 heavy (non-hydrogen) atoms. The van der Waals surface area contributed by atoms with Gasteiger partial charge in [-0.1, -0.05) is 73.7 Å². The molecule has 0 aliphatic carbocycles. The SMILES string of the molecule is C[C@@H]1[C@H](CN2CCC3(CC2)OCCO3)O[C@H](c2ccc(CNS(=O)(=O)c3ccccc3)cc2)O[C@@H]1c1ccc(CO)cc1. The van der Waals surface area contributed by atoms with Crippen molar-refractivity contribution in [3.63, 3.8) is 0 Å². The molecule has 2 N–H and O–H groups in total. The lowest BCUT2D eigenvalue weighted by molar-refractivity contribution is -0.278. The van der Waals surface area contributed by atoms with Crippen molar-refractivity contribution >= 4 is 10.0 Å². The number of ether oxygens (including phenoxy) is 4. The third kappa shape index (κ3) is 7.02. The average Bonchev–Trinajstić information content (AvgIpc) is 3.51. The van der Waals surface area contributed by atoms with Crippen LogP contribution in [-0.2, 0) is 42.1 Å². The molecule has 0 unspecified atom stereocenters. The molecule has 10 heteroatoms. The molecule has 1 spiro atoms. The first-order valence-electron chi connectivity index (χ1n) is 15.0. The Morgan fingerprint density at radius 1 is 0.860 bits per heavy atom. The molecule has 3 aliphatic heterocycles. The Morgan fingerprint density at radius 3 is 2.14 bits per heavy atom. The van der Waals surface area contributed by atoms with Crippen LogP contribution in [0.25, 0.3) is 0 Å². The topological polar surface area (TPSA) is 107 Å². The van der Waals surface area contributed by atoms with Gasteiger partial charge in [-0.05, 0) is 28.8 Å². The highest BCUT2D eigenvalue weighted by molar-refractivity contribution is 7.89. The summed E-state index contributed by atoms with van der Waals surface area (Å²) in [6.45, 7) is 6.18. The molecule has 3 heterocycles. The van der Waals surface area contributed by atoms with Crippen LogP contribution in [0.15, 0.2) is 83.8 Å². The lowest BCUT2D eigenvalue weighted by Gasteiger charge is -2.44. The van der Waals surface area contributed by atoms with E-state index in [0.29, 0.717) is 13.2 Å².